The second-order valence-corrected chi connectivity index (χ2v) is 5.05. The molecule has 1 rings (SSSR count). The first-order valence-electron chi connectivity index (χ1n) is 6.11. The summed E-state index contributed by atoms with van der Waals surface area (Å²) in [5.41, 5.74) is 5.04. The number of anilines is 1. The maximum atomic E-state index is 12.1. The van der Waals surface area contributed by atoms with Crippen molar-refractivity contribution in [1.82, 2.24) is 4.90 Å². The molecular weight excluding hydrogens is 298 g/mol. The molecule has 0 saturated heterocycles. The maximum Gasteiger partial charge on any atom is 0.337 e. The molecule has 0 aliphatic rings. The van der Waals surface area contributed by atoms with Crippen LogP contribution in [-0.2, 0) is 4.79 Å². The Morgan fingerprint density at radius 2 is 2.00 bits per heavy atom. The number of rotatable bonds is 5. The van der Waals surface area contributed by atoms with Crippen molar-refractivity contribution in [2.75, 3.05) is 11.9 Å². The van der Waals surface area contributed by atoms with Crippen molar-refractivity contribution in [2.45, 2.75) is 19.9 Å². The van der Waals surface area contributed by atoms with Crippen molar-refractivity contribution >= 4 is 35.2 Å². The van der Waals surface area contributed by atoms with Crippen LogP contribution in [0.1, 0.15) is 24.2 Å². The lowest BCUT2D eigenvalue weighted by molar-refractivity contribution is -0.118. The Labute approximate surface area is 126 Å². The number of urea groups is 1. The number of nitrogens with zero attached hydrogens (tertiary/aromatic N) is 1. The number of benzene rings is 1. The molecule has 0 radical (unpaired) electrons. The predicted molar refractivity (Wildman–Crippen MR) is 78.5 cm³/mol. The van der Waals surface area contributed by atoms with E-state index in [9.17, 15) is 14.4 Å². The third-order valence-corrected chi connectivity index (χ3v) is 2.90. The average molecular weight is 314 g/mol. The maximum absolute atomic E-state index is 12.1. The molecule has 4 N–H and O–H groups in total. The van der Waals surface area contributed by atoms with Crippen molar-refractivity contribution in [2.24, 2.45) is 5.73 Å². The summed E-state index contributed by atoms with van der Waals surface area (Å²) in [6.45, 7) is 3.14. The standard InChI is InChI=1S/C13H16ClN3O4/c1-7(2)17(6-11(15)18)13(21)16-10-5-8(14)3-4-9(10)12(19)20/h3-5,7H,6H2,1-2H3,(H2,15,18)(H,16,21)(H,19,20). The highest BCUT2D eigenvalue weighted by molar-refractivity contribution is 6.31. The Bertz CT molecular complexity index is 575. The predicted octanol–water partition coefficient (Wildman–Crippen LogP) is 1.77. The van der Waals surface area contributed by atoms with Gasteiger partial charge in [-0.1, -0.05) is 11.6 Å². The molecule has 0 unspecified atom stereocenters. The van der Waals surface area contributed by atoms with Gasteiger partial charge in [-0.05, 0) is 32.0 Å². The van der Waals surface area contributed by atoms with Crippen molar-refractivity contribution < 1.29 is 19.5 Å². The Morgan fingerprint density at radius 3 is 2.48 bits per heavy atom. The van der Waals surface area contributed by atoms with Crippen LogP contribution in [0.15, 0.2) is 18.2 Å². The zero-order chi connectivity index (χ0) is 16.2. The van der Waals surface area contributed by atoms with Crippen LogP contribution in [0.3, 0.4) is 0 Å². The molecule has 8 heteroatoms. The molecule has 0 aromatic heterocycles. The van der Waals surface area contributed by atoms with E-state index < -0.39 is 17.9 Å². The third kappa shape index (κ3) is 4.64. The molecule has 0 aliphatic heterocycles. The first-order chi connectivity index (χ1) is 9.72. The number of amides is 3. The number of aromatic carboxylic acids is 1. The van der Waals surface area contributed by atoms with E-state index in [1.165, 1.54) is 23.1 Å². The van der Waals surface area contributed by atoms with Crippen LogP contribution in [0.4, 0.5) is 10.5 Å². The van der Waals surface area contributed by atoms with Gasteiger partial charge < -0.3 is 21.1 Å². The fourth-order valence-electron chi connectivity index (χ4n) is 1.65. The van der Waals surface area contributed by atoms with Gasteiger partial charge in [0.05, 0.1) is 11.3 Å². The number of nitrogens with one attached hydrogen (secondary N) is 1. The summed E-state index contributed by atoms with van der Waals surface area (Å²) in [6, 6.07) is 3.10. The SMILES string of the molecule is CC(C)N(CC(N)=O)C(=O)Nc1cc(Cl)ccc1C(=O)O. The van der Waals surface area contributed by atoms with Gasteiger partial charge in [0.25, 0.3) is 0 Å². The second kappa shape index (κ2) is 6.94. The van der Waals surface area contributed by atoms with E-state index in [-0.39, 0.29) is 28.9 Å². The normalized spacial score (nSPS) is 10.3. The molecule has 0 atom stereocenters. The highest BCUT2D eigenvalue weighted by atomic mass is 35.5. The summed E-state index contributed by atoms with van der Waals surface area (Å²) in [7, 11) is 0. The van der Waals surface area contributed by atoms with Gasteiger partial charge in [0.15, 0.2) is 0 Å². The quantitative estimate of drug-likeness (QED) is 0.768. The smallest absolute Gasteiger partial charge is 0.337 e. The summed E-state index contributed by atoms with van der Waals surface area (Å²) in [6.07, 6.45) is 0. The van der Waals surface area contributed by atoms with Gasteiger partial charge in [0, 0.05) is 11.1 Å². The summed E-state index contributed by atoms with van der Waals surface area (Å²) in [5, 5.41) is 11.8. The third-order valence-electron chi connectivity index (χ3n) is 2.66. The van der Waals surface area contributed by atoms with Gasteiger partial charge >= 0.3 is 12.0 Å². The van der Waals surface area contributed by atoms with Gasteiger partial charge in [-0.15, -0.1) is 0 Å². The Balaban J connectivity index is 3.03. The Hall–Kier alpha value is -2.28. The molecule has 3 amide bonds. The topological polar surface area (TPSA) is 113 Å². The van der Waals surface area contributed by atoms with Crippen molar-refractivity contribution in [3.8, 4) is 0 Å². The first kappa shape index (κ1) is 16.8. The number of carboxylic acids is 1. The average Bonchev–Trinajstić information content (AvgIpc) is 2.34. The number of carboxylic acid groups (broad SMARTS) is 1. The van der Waals surface area contributed by atoms with E-state index in [4.69, 9.17) is 22.4 Å². The zero-order valence-corrected chi connectivity index (χ0v) is 12.3. The van der Waals surface area contributed by atoms with Crippen molar-refractivity contribution in [3.63, 3.8) is 0 Å². The van der Waals surface area contributed by atoms with E-state index in [1.54, 1.807) is 13.8 Å². The van der Waals surface area contributed by atoms with Gasteiger partial charge in [-0.25, -0.2) is 9.59 Å². The minimum atomic E-state index is -1.20. The van der Waals surface area contributed by atoms with Gasteiger partial charge in [-0.3, -0.25) is 4.79 Å². The van der Waals surface area contributed by atoms with E-state index in [1.807, 2.05) is 0 Å². The molecule has 1 aromatic carbocycles. The fourth-order valence-corrected chi connectivity index (χ4v) is 1.82. The largest absolute Gasteiger partial charge is 0.478 e. The Morgan fingerprint density at radius 1 is 1.38 bits per heavy atom. The number of hydrogen-bond donors (Lipinski definition) is 3. The molecule has 21 heavy (non-hydrogen) atoms. The van der Waals surface area contributed by atoms with Crippen molar-refractivity contribution in [3.05, 3.63) is 28.8 Å². The molecule has 0 spiro atoms. The molecule has 1 aromatic rings. The summed E-state index contributed by atoms with van der Waals surface area (Å²) in [5.74, 6) is -1.86. The fraction of sp³-hybridized carbons (Fsp3) is 0.308. The number of primary amides is 1. The lowest BCUT2D eigenvalue weighted by Crippen LogP contribution is -2.45. The van der Waals surface area contributed by atoms with Gasteiger partial charge in [0.1, 0.15) is 6.54 Å². The van der Waals surface area contributed by atoms with Crippen LogP contribution in [0, 0.1) is 0 Å². The molecule has 0 bridgehead atoms. The first-order valence-corrected chi connectivity index (χ1v) is 6.49. The molecule has 114 valence electrons. The molecule has 7 nitrogen and oxygen atoms in total. The van der Waals surface area contributed by atoms with Crippen LogP contribution in [0.5, 0.6) is 0 Å². The number of halogens is 1. The molecule has 0 saturated carbocycles. The minimum Gasteiger partial charge on any atom is -0.478 e. The van der Waals surface area contributed by atoms with Crippen LogP contribution >= 0.6 is 11.6 Å². The van der Waals surface area contributed by atoms with Crippen LogP contribution in [0.25, 0.3) is 0 Å². The lowest BCUT2D eigenvalue weighted by atomic mass is 10.2. The van der Waals surface area contributed by atoms with Gasteiger partial charge in [-0.2, -0.15) is 0 Å². The number of nitrogens with two attached hydrogens (primary N) is 1. The van der Waals surface area contributed by atoms with E-state index in [0.29, 0.717) is 0 Å². The number of carbonyl (C=O) groups is 3. The molecule has 0 aliphatic carbocycles. The summed E-state index contributed by atoms with van der Waals surface area (Å²) >= 11 is 5.80. The molecule has 0 heterocycles. The zero-order valence-electron chi connectivity index (χ0n) is 11.6. The minimum absolute atomic E-state index is 0.0510. The number of carbonyl (C=O) groups excluding carboxylic acids is 2. The van der Waals surface area contributed by atoms with E-state index in [2.05, 4.69) is 5.32 Å². The number of hydrogen-bond acceptors (Lipinski definition) is 3. The van der Waals surface area contributed by atoms with E-state index in [0.717, 1.165) is 0 Å². The Kier molecular flexibility index (Phi) is 5.54. The van der Waals surface area contributed by atoms with Crippen LogP contribution < -0.4 is 11.1 Å². The van der Waals surface area contributed by atoms with E-state index >= 15 is 0 Å². The van der Waals surface area contributed by atoms with Crippen LogP contribution in [0.2, 0.25) is 5.02 Å². The van der Waals surface area contributed by atoms with Gasteiger partial charge in [0.2, 0.25) is 5.91 Å². The highest BCUT2D eigenvalue weighted by Gasteiger charge is 2.21. The van der Waals surface area contributed by atoms with Crippen molar-refractivity contribution in [1.29, 1.82) is 0 Å². The summed E-state index contributed by atoms with van der Waals surface area (Å²) < 4.78 is 0. The highest BCUT2D eigenvalue weighted by Crippen LogP contribution is 2.21. The van der Waals surface area contributed by atoms with Crippen LogP contribution in [-0.4, -0.2) is 40.5 Å². The second-order valence-electron chi connectivity index (χ2n) is 4.61. The molecule has 0 fully saturated rings. The lowest BCUT2D eigenvalue weighted by Gasteiger charge is -2.25. The summed E-state index contributed by atoms with van der Waals surface area (Å²) in [4.78, 5) is 35.4. The molecular formula is C13H16ClN3O4. The monoisotopic (exact) mass is 313 g/mol.